The maximum absolute atomic E-state index is 12.5. The van der Waals surface area contributed by atoms with Gasteiger partial charge in [-0.3, -0.25) is 18.7 Å². The first kappa shape index (κ1) is 18.2. The van der Waals surface area contributed by atoms with Gasteiger partial charge in [-0.05, 0) is 39.0 Å². The van der Waals surface area contributed by atoms with Crippen LogP contribution >= 0.6 is 0 Å². The third-order valence-electron chi connectivity index (χ3n) is 5.10. The summed E-state index contributed by atoms with van der Waals surface area (Å²) < 4.78 is 3.88. The molecule has 1 aliphatic rings. The number of nitrogens with one attached hydrogen (secondary N) is 1. The van der Waals surface area contributed by atoms with Crippen LogP contribution in [0.4, 0.5) is 0 Å². The zero-order valence-corrected chi connectivity index (χ0v) is 15.5. The van der Waals surface area contributed by atoms with Gasteiger partial charge in [0, 0.05) is 20.6 Å². The molecule has 26 heavy (non-hydrogen) atoms. The van der Waals surface area contributed by atoms with Crippen LogP contribution in [0.5, 0.6) is 0 Å². The summed E-state index contributed by atoms with van der Waals surface area (Å²) in [6.07, 6.45) is 9.28. The Balaban J connectivity index is 1.78. The van der Waals surface area contributed by atoms with E-state index in [1.165, 1.54) is 40.9 Å². The van der Waals surface area contributed by atoms with Crippen LogP contribution in [0.2, 0.25) is 0 Å². The van der Waals surface area contributed by atoms with Crippen molar-refractivity contribution in [3.05, 3.63) is 38.8 Å². The van der Waals surface area contributed by atoms with Crippen LogP contribution in [0, 0.1) is 0 Å². The monoisotopic (exact) mass is 359 g/mol. The van der Waals surface area contributed by atoms with Gasteiger partial charge in [-0.2, -0.15) is 0 Å². The number of amides is 1. The molecule has 0 aliphatic heterocycles. The molecule has 1 amide bonds. The molecule has 3 rings (SSSR count). The number of carbonyl (C=O) groups excluding carboxylic acids is 1. The number of nitrogens with zero attached hydrogens (tertiary/aromatic N) is 4. The maximum atomic E-state index is 12.5. The van der Waals surface area contributed by atoms with Gasteiger partial charge in [-0.25, -0.2) is 9.78 Å². The van der Waals surface area contributed by atoms with Gasteiger partial charge in [0.1, 0.15) is 6.04 Å². The van der Waals surface area contributed by atoms with E-state index in [2.05, 4.69) is 16.4 Å². The van der Waals surface area contributed by atoms with E-state index in [1.807, 2.05) is 0 Å². The van der Waals surface area contributed by atoms with Gasteiger partial charge in [0.25, 0.3) is 5.56 Å². The first-order chi connectivity index (χ1) is 12.4. The van der Waals surface area contributed by atoms with Gasteiger partial charge >= 0.3 is 5.69 Å². The molecule has 140 valence electrons. The molecule has 0 saturated heterocycles. The predicted octanol–water partition coefficient (Wildman–Crippen LogP) is 1.00. The number of aromatic nitrogens is 4. The van der Waals surface area contributed by atoms with E-state index in [0.29, 0.717) is 6.54 Å². The average Bonchev–Trinajstić information content (AvgIpc) is 3.10. The van der Waals surface area contributed by atoms with E-state index < -0.39 is 17.3 Å². The highest BCUT2D eigenvalue weighted by Gasteiger charge is 2.21. The van der Waals surface area contributed by atoms with Crippen LogP contribution in [0.25, 0.3) is 11.2 Å². The lowest BCUT2D eigenvalue weighted by atomic mass is 9.97. The molecule has 2 aromatic rings. The van der Waals surface area contributed by atoms with Gasteiger partial charge in [0.05, 0.1) is 6.33 Å². The number of hydrogen-bond donors (Lipinski definition) is 1. The number of aryl methyl sites for hydroxylation is 1. The Labute approximate surface area is 151 Å². The van der Waals surface area contributed by atoms with Crippen LogP contribution in [-0.2, 0) is 18.9 Å². The van der Waals surface area contributed by atoms with E-state index >= 15 is 0 Å². The highest BCUT2D eigenvalue weighted by atomic mass is 16.2. The van der Waals surface area contributed by atoms with Crippen molar-refractivity contribution >= 4 is 17.1 Å². The highest BCUT2D eigenvalue weighted by Crippen LogP contribution is 2.19. The molecule has 0 fully saturated rings. The SMILES string of the molecule is C[C@H](C(=O)NCCC1=CCCCC1)n1cnc2c1c(=O)n(C)c(=O)n2C. The quantitative estimate of drug-likeness (QED) is 0.807. The Hall–Kier alpha value is -2.64. The minimum Gasteiger partial charge on any atom is -0.354 e. The normalized spacial score (nSPS) is 15.7. The van der Waals surface area contributed by atoms with Crippen LogP contribution in [0.3, 0.4) is 0 Å². The largest absolute Gasteiger partial charge is 0.354 e. The number of allylic oxidation sites excluding steroid dienone is 1. The molecule has 0 saturated carbocycles. The fraction of sp³-hybridized carbons (Fsp3) is 0.556. The Morgan fingerprint density at radius 3 is 2.73 bits per heavy atom. The smallest absolute Gasteiger partial charge is 0.332 e. The molecule has 0 radical (unpaired) electrons. The third-order valence-corrected chi connectivity index (χ3v) is 5.10. The summed E-state index contributed by atoms with van der Waals surface area (Å²) >= 11 is 0. The summed E-state index contributed by atoms with van der Waals surface area (Å²) in [4.78, 5) is 41.2. The van der Waals surface area contributed by atoms with Crippen molar-refractivity contribution in [2.45, 2.75) is 45.1 Å². The van der Waals surface area contributed by atoms with E-state index in [9.17, 15) is 14.4 Å². The molecule has 0 bridgehead atoms. The molecule has 1 atom stereocenters. The minimum atomic E-state index is -0.592. The third kappa shape index (κ3) is 3.23. The fourth-order valence-electron chi connectivity index (χ4n) is 3.41. The molecule has 8 nitrogen and oxygen atoms in total. The summed E-state index contributed by atoms with van der Waals surface area (Å²) in [6.45, 7) is 2.30. The number of fused-ring (bicyclic) bond motifs is 1. The average molecular weight is 359 g/mol. The first-order valence-electron chi connectivity index (χ1n) is 9.00. The Kier molecular flexibility index (Phi) is 5.11. The highest BCUT2D eigenvalue weighted by molar-refractivity contribution is 5.82. The summed E-state index contributed by atoms with van der Waals surface area (Å²) in [6, 6.07) is -0.592. The molecular formula is C18H25N5O3. The van der Waals surface area contributed by atoms with Crippen LogP contribution in [0.1, 0.15) is 45.1 Å². The van der Waals surface area contributed by atoms with Crippen molar-refractivity contribution in [2.24, 2.45) is 14.1 Å². The van der Waals surface area contributed by atoms with E-state index in [-0.39, 0.29) is 17.1 Å². The first-order valence-corrected chi connectivity index (χ1v) is 9.00. The standard InChI is InChI=1S/C18H25N5O3/c1-12(16(24)19-10-9-13-7-5-4-6-8-13)23-11-20-15-14(23)17(25)22(3)18(26)21(15)2/h7,11-12H,4-6,8-10H2,1-3H3,(H,19,24)/t12-/m1/s1. The summed E-state index contributed by atoms with van der Waals surface area (Å²) in [5.74, 6) is -0.170. The van der Waals surface area contributed by atoms with Gasteiger partial charge < -0.3 is 9.88 Å². The van der Waals surface area contributed by atoms with Gasteiger partial charge in [-0.1, -0.05) is 11.6 Å². The van der Waals surface area contributed by atoms with Crippen LogP contribution < -0.4 is 16.6 Å². The Morgan fingerprint density at radius 1 is 1.27 bits per heavy atom. The van der Waals surface area contributed by atoms with Crippen molar-refractivity contribution in [3.8, 4) is 0 Å². The van der Waals surface area contributed by atoms with Crippen molar-refractivity contribution in [1.82, 2.24) is 24.0 Å². The lowest BCUT2D eigenvalue weighted by Gasteiger charge is -2.16. The Morgan fingerprint density at radius 2 is 2.04 bits per heavy atom. The van der Waals surface area contributed by atoms with E-state index in [1.54, 1.807) is 14.0 Å². The number of carbonyl (C=O) groups is 1. The van der Waals surface area contributed by atoms with Crippen LogP contribution in [-0.4, -0.2) is 31.1 Å². The topological polar surface area (TPSA) is 90.9 Å². The summed E-state index contributed by atoms with van der Waals surface area (Å²) in [5.41, 5.74) is 1.05. The molecule has 1 aliphatic carbocycles. The predicted molar refractivity (Wildman–Crippen MR) is 99.1 cm³/mol. The summed E-state index contributed by atoms with van der Waals surface area (Å²) in [7, 11) is 2.98. The zero-order chi connectivity index (χ0) is 18.8. The van der Waals surface area contributed by atoms with Gasteiger partial charge in [-0.15, -0.1) is 0 Å². The lowest BCUT2D eigenvalue weighted by molar-refractivity contribution is -0.123. The van der Waals surface area contributed by atoms with Crippen molar-refractivity contribution in [3.63, 3.8) is 0 Å². The van der Waals surface area contributed by atoms with Gasteiger partial charge in [0.2, 0.25) is 5.91 Å². The molecule has 8 heteroatoms. The van der Waals surface area contributed by atoms with Gasteiger partial charge in [0.15, 0.2) is 11.2 Å². The molecule has 0 spiro atoms. The second-order valence-corrected chi connectivity index (χ2v) is 6.85. The number of hydrogen-bond acceptors (Lipinski definition) is 4. The number of rotatable bonds is 5. The number of imidazole rings is 1. The molecular weight excluding hydrogens is 334 g/mol. The van der Waals surface area contributed by atoms with Crippen molar-refractivity contribution < 1.29 is 4.79 Å². The van der Waals surface area contributed by atoms with Crippen molar-refractivity contribution in [2.75, 3.05) is 6.54 Å². The van der Waals surface area contributed by atoms with Crippen molar-refractivity contribution in [1.29, 1.82) is 0 Å². The molecule has 2 aromatic heterocycles. The summed E-state index contributed by atoms with van der Waals surface area (Å²) in [5, 5.41) is 2.94. The Bertz CT molecular complexity index is 979. The van der Waals surface area contributed by atoms with Crippen LogP contribution in [0.15, 0.2) is 27.6 Å². The van der Waals surface area contributed by atoms with E-state index in [0.717, 1.165) is 23.8 Å². The minimum absolute atomic E-state index is 0.170. The molecule has 0 aromatic carbocycles. The van der Waals surface area contributed by atoms with E-state index in [4.69, 9.17) is 0 Å². The molecule has 1 N–H and O–H groups in total. The maximum Gasteiger partial charge on any atom is 0.332 e. The molecule has 2 heterocycles. The fourth-order valence-corrected chi connectivity index (χ4v) is 3.41. The second-order valence-electron chi connectivity index (χ2n) is 6.85. The second kappa shape index (κ2) is 7.31. The zero-order valence-electron chi connectivity index (χ0n) is 15.5. The molecule has 0 unspecified atom stereocenters. The lowest BCUT2D eigenvalue weighted by Crippen LogP contribution is -2.38.